The SMILES string of the molecule is Cc1ccc2c(c1)NC(=O)Cn1c-2c(C2CCCCC2)c2ccc(S(=O)(=O)NC(C)(C)C)cc21. The van der Waals surface area contributed by atoms with Gasteiger partial charge in [0, 0.05) is 16.5 Å². The van der Waals surface area contributed by atoms with Gasteiger partial charge in [0.1, 0.15) is 6.54 Å². The third-order valence-corrected chi connectivity index (χ3v) is 8.60. The van der Waals surface area contributed by atoms with Gasteiger partial charge in [-0.2, -0.15) is 0 Å². The van der Waals surface area contributed by atoms with Crippen LogP contribution < -0.4 is 10.0 Å². The van der Waals surface area contributed by atoms with Gasteiger partial charge >= 0.3 is 0 Å². The number of carbonyl (C=O) groups is 1. The Morgan fingerprint density at radius 2 is 1.76 bits per heavy atom. The van der Waals surface area contributed by atoms with E-state index in [0.717, 1.165) is 46.3 Å². The molecule has 1 aliphatic carbocycles. The van der Waals surface area contributed by atoms with Crippen LogP contribution in [0.25, 0.3) is 22.2 Å². The maximum Gasteiger partial charge on any atom is 0.244 e. The normalized spacial score (nSPS) is 17.2. The third kappa shape index (κ3) is 4.16. The summed E-state index contributed by atoms with van der Waals surface area (Å²) in [5, 5.41) is 4.13. The van der Waals surface area contributed by atoms with E-state index in [1.54, 1.807) is 12.1 Å². The lowest BCUT2D eigenvalue weighted by molar-refractivity contribution is -0.116. The highest BCUT2D eigenvalue weighted by Gasteiger charge is 2.31. The van der Waals surface area contributed by atoms with E-state index in [2.05, 4.69) is 22.2 Å². The minimum absolute atomic E-state index is 0.0984. The standard InChI is InChI=1S/C27H33N3O3S/c1-17-10-12-20-22(14-17)28-24(31)16-30-23-15-19(34(32,33)29-27(2,3)4)11-13-21(23)25(26(20)30)18-8-6-5-7-9-18/h10-15,18,29H,5-9,16H2,1-4H3,(H,28,31). The van der Waals surface area contributed by atoms with Crippen molar-refractivity contribution in [3.63, 3.8) is 0 Å². The number of sulfonamides is 1. The van der Waals surface area contributed by atoms with E-state index >= 15 is 0 Å². The van der Waals surface area contributed by atoms with Crippen LogP contribution in [0.4, 0.5) is 5.69 Å². The molecule has 1 saturated carbocycles. The van der Waals surface area contributed by atoms with Crippen LogP contribution in [-0.2, 0) is 21.4 Å². The molecule has 3 aromatic rings. The van der Waals surface area contributed by atoms with Crippen molar-refractivity contribution >= 4 is 32.5 Å². The minimum Gasteiger partial charge on any atom is -0.331 e. The van der Waals surface area contributed by atoms with Gasteiger partial charge in [0.15, 0.2) is 0 Å². The molecule has 2 N–H and O–H groups in total. The van der Waals surface area contributed by atoms with Crippen molar-refractivity contribution in [1.29, 1.82) is 0 Å². The molecule has 1 amide bonds. The molecule has 2 aliphatic rings. The van der Waals surface area contributed by atoms with Crippen molar-refractivity contribution in [2.45, 2.75) is 82.7 Å². The molecule has 0 unspecified atom stereocenters. The zero-order valence-corrected chi connectivity index (χ0v) is 21.2. The Morgan fingerprint density at radius 1 is 1.03 bits per heavy atom. The number of nitrogens with one attached hydrogen (secondary N) is 2. The quantitative estimate of drug-likeness (QED) is 0.506. The lowest BCUT2D eigenvalue weighted by atomic mass is 9.81. The number of hydrogen-bond acceptors (Lipinski definition) is 3. The van der Waals surface area contributed by atoms with Crippen LogP contribution in [0.5, 0.6) is 0 Å². The second-order valence-corrected chi connectivity index (χ2v) is 12.5. The summed E-state index contributed by atoms with van der Waals surface area (Å²) < 4.78 is 31.1. The second kappa shape index (κ2) is 8.24. The number of carbonyl (C=O) groups excluding carboxylic acids is 1. The van der Waals surface area contributed by atoms with Crippen molar-refractivity contribution in [3.05, 3.63) is 47.5 Å². The Balaban J connectivity index is 1.80. The summed E-state index contributed by atoms with van der Waals surface area (Å²) in [4.78, 5) is 13.2. The van der Waals surface area contributed by atoms with Gasteiger partial charge in [-0.1, -0.05) is 37.5 Å². The fourth-order valence-electron chi connectivity index (χ4n) is 5.55. The number of hydrogen-bond donors (Lipinski definition) is 2. The summed E-state index contributed by atoms with van der Waals surface area (Å²) in [5.41, 5.74) is 5.43. The predicted octanol–water partition coefficient (Wildman–Crippen LogP) is 5.69. The molecule has 1 aliphatic heterocycles. The topological polar surface area (TPSA) is 80.2 Å². The Morgan fingerprint density at radius 3 is 2.47 bits per heavy atom. The van der Waals surface area contributed by atoms with Crippen LogP contribution in [-0.4, -0.2) is 24.4 Å². The number of rotatable bonds is 3. The van der Waals surface area contributed by atoms with Gasteiger partial charge < -0.3 is 9.88 Å². The first kappa shape index (κ1) is 23.1. The molecule has 0 saturated heterocycles. The van der Waals surface area contributed by atoms with Gasteiger partial charge in [-0.05, 0) is 75.8 Å². The Labute approximate surface area is 201 Å². The molecule has 1 fully saturated rings. The molecular formula is C27H33N3O3S. The second-order valence-electron chi connectivity index (χ2n) is 10.8. The zero-order chi connectivity index (χ0) is 24.3. The fraction of sp³-hybridized carbons (Fsp3) is 0.444. The number of anilines is 1. The first-order chi connectivity index (χ1) is 16.0. The van der Waals surface area contributed by atoms with E-state index in [4.69, 9.17) is 0 Å². The Bertz CT molecular complexity index is 1390. The van der Waals surface area contributed by atoms with Gasteiger partial charge in [-0.3, -0.25) is 4.79 Å². The predicted molar refractivity (Wildman–Crippen MR) is 137 cm³/mol. The number of amides is 1. The average molecular weight is 480 g/mol. The Kier molecular flexibility index (Phi) is 5.60. The molecule has 1 aromatic heterocycles. The number of benzene rings is 2. The molecule has 34 heavy (non-hydrogen) atoms. The summed E-state index contributed by atoms with van der Waals surface area (Å²) in [7, 11) is -3.70. The largest absolute Gasteiger partial charge is 0.331 e. The molecule has 0 atom stereocenters. The highest BCUT2D eigenvalue weighted by molar-refractivity contribution is 7.89. The van der Waals surface area contributed by atoms with Gasteiger partial charge in [0.25, 0.3) is 0 Å². The third-order valence-electron chi connectivity index (χ3n) is 6.85. The minimum atomic E-state index is -3.70. The number of aryl methyl sites for hydroxylation is 1. The van der Waals surface area contributed by atoms with E-state index in [1.165, 1.54) is 24.8 Å². The van der Waals surface area contributed by atoms with Gasteiger partial charge in [-0.15, -0.1) is 0 Å². The van der Waals surface area contributed by atoms with Crippen LogP contribution in [0.2, 0.25) is 0 Å². The van der Waals surface area contributed by atoms with Crippen molar-refractivity contribution in [2.75, 3.05) is 5.32 Å². The van der Waals surface area contributed by atoms with Crippen LogP contribution >= 0.6 is 0 Å². The zero-order valence-electron chi connectivity index (χ0n) is 20.4. The van der Waals surface area contributed by atoms with Crippen LogP contribution in [0, 0.1) is 6.92 Å². The van der Waals surface area contributed by atoms with Crippen molar-refractivity contribution in [1.82, 2.24) is 9.29 Å². The maximum absolute atomic E-state index is 13.1. The lowest BCUT2D eigenvalue weighted by Crippen LogP contribution is -2.40. The maximum atomic E-state index is 13.1. The van der Waals surface area contributed by atoms with Gasteiger partial charge in [0.05, 0.1) is 21.8 Å². The first-order valence-electron chi connectivity index (χ1n) is 12.1. The van der Waals surface area contributed by atoms with Crippen LogP contribution in [0.1, 0.15) is 69.9 Å². The lowest BCUT2D eigenvalue weighted by Gasteiger charge is -2.24. The molecule has 6 nitrogen and oxygen atoms in total. The smallest absolute Gasteiger partial charge is 0.244 e. The van der Waals surface area contributed by atoms with Crippen molar-refractivity contribution in [2.24, 2.45) is 0 Å². The van der Waals surface area contributed by atoms with Crippen LogP contribution in [0.15, 0.2) is 41.3 Å². The van der Waals surface area contributed by atoms with Crippen LogP contribution in [0.3, 0.4) is 0 Å². The number of nitrogens with zero attached hydrogens (tertiary/aromatic N) is 1. The molecule has 2 aromatic carbocycles. The summed E-state index contributed by atoms with van der Waals surface area (Å²) in [5.74, 6) is 0.295. The molecule has 0 spiro atoms. The summed E-state index contributed by atoms with van der Waals surface area (Å²) in [6, 6.07) is 11.6. The van der Waals surface area contributed by atoms with E-state index in [0.29, 0.717) is 5.92 Å². The summed E-state index contributed by atoms with van der Waals surface area (Å²) in [6.45, 7) is 7.67. The van der Waals surface area contributed by atoms with Crippen molar-refractivity contribution < 1.29 is 13.2 Å². The summed E-state index contributed by atoms with van der Waals surface area (Å²) in [6.07, 6.45) is 5.86. The van der Waals surface area contributed by atoms with E-state index in [-0.39, 0.29) is 17.3 Å². The molecule has 0 radical (unpaired) electrons. The molecule has 180 valence electrons. The summed E-state index contributed by atoms with van der Waals surface area (Å²) >= 11 is 0. The number of aromatic nitrogens is 1. The van der Waals surface area contributed by atoms with E-state index in [9.17, 15) is 13.2 Å². The van der Waals surface area contributed by atoms with Gasteiger partial charge in [-0.25, -0.2) is 13.1 Å². The number of fused-ring (bicyclic) bond motifs is 5. The monoisotopic (exact) mass is 479 g/mol. The van der Waals surface area contributed by atoms with Gasteiger partial charge in [0.2, 0.25) is 15.9 Å². The van der Waals surface area contributed by atoms with Crippen molar-refractivity contribution in [3.8, 4) is 11.3 Å². The molecular weight excluding hydrogens is 446 g/mol. The molecule has 0 bridgehead atoms. The fourth-order valence-corrected chi connectivity index (χ4v) is 6.98. The molecule has 7 heteroatoms. The van der Waals surface area contributed by atoms with E-state index in [1.807, 2.05) is 44.4 Å². The Hall–Kier alpha value is -2.64. The highest BCUT2D eigenvalue weighted by atomic mass is 32.2. The first-order valence-corrected chi connectivity index (χ1v) is 13.6. The molecule has 2 heterocycles. The van der Waals surface area contributed by atoms with E-state index < -0.39 is 15.6 Å². The highest BCUT2D eigenvalue weighted by Crippen LogP contribution is 2.47. The average Bonchev–Trinajstić information content (AvgIpc) is 2.98. The molecule has 5 rings (SSSR count).